The fraction of sp³-hybridized carbons (Fsp3) is 0.208. The maximum atomic E-state index is 12.8. The Bertz CT molecular complexity index is 1440. The third-order valence-electron chi connectivity index (χ3n) is 5.60. The first-order valence-electron chi connectivity index (χ1n) is 10.7. The second kappa shape index (κ2) is 10.3. The number of carbonyl (C=O) groups is 2. The van der Waals surface area contributed by atoms with Gasteiger partial charge in [-0.3, -0.25) is 9.52 Å². The number of benzene rings is 2. The Morgan fingerprint density at radius 2 is 1.78 bits per heavy atom. The molecule has 2 amide bonds. The van der Waals surface area contributed by atoms with Crippen molar-refractivity contribution in [3.8, 4) is 11.8 Å². The Morgan fingerprint density at radius 1 is 1.08 bits per heavy atom. The fourth-order valence-corrected chi connectivity index (χ4v) is 6.00. The van der Waals surface area contributed by atoms with Crippen molar-refractivity contribution < 1.29 is 27.5 Å². The van der Waals surface area contributed by atoms with E-state index in [0.29, 0.717) is 35.8 Å². The minimum absolute atomic E-state index is 0.0709. The van der Waals surface area contributed by atoms with Gasteiger partial charge in [0.05, 0.1) is 31.2 Å². The minimum Gasteiger partial charge on any atom is -0.497 e. The molecule has 2 heterocycles. The van der Waals surface area contributed by atoms with Gasteiger partial charge in [-0.2, -0.15) is 5.26 Å². The van der Waals surface area contributed by atoms with E-state index in [1.807, 2.05) is 0 Å². The lowest BCUT2D eigenvalue weighted by atomic mass is 10.0. The second-order valence-corrected chi connectivity index (χ2v) is 10.6. The van der Waals surface area contributed by atoms with Crippen molar-refractivity contribution in [3.05, 3.63) is 70.1 Å². The monoisotopic (exact) mass is 526 g/mol. The molecule has 0 spiro atoms. The van der Waals surface area contributed by atoms with Gasteiger partial charge in [-0.15, -0.1) is 11.3 Å². The highest BCUT2D eigenvalue weighted by atomic mass is 32.2. The summed E-state index contributed by atoms with van der Waals surface area (Å²) in [5.74, 6) is 0.0933. The van der Waals surface area contributed by atoms with Gasteiger partial charge in [-0.1, -0.05) is 0 Å². The molecular weight excluding hydrogens is 504 g/mol. The van der Waals surface area contributed by atoms with Crippen LogP contribution in [-0.2, 0) is 27.7 Å². The van der Waals surface area contributed by atoms with E-state index in [1.165, 1.54) is 66.9 Å². The van der Waals surface area contributed by atoms with Crippen molar-refractivity contribution in [1.82, 2.24) is 4.90 Å². The SMILES string of the molecule is COC(=O)N1CCc2c(sc(NC(=O)c3ccc(NS(=O)(=O)c4ccc(OC)cc4)cc3)c2C#N)C1. The predicted molar refractivity (Wildman–Crippen MR) is 134 cm³/mol. The maximum Gasteiger partial charge on any atom is 0.409 e. The first-order chi connectivity index (χ1) is 17.2. The van der Waals surface area contributed by atoms with Gasteiger partial charge in [0, 0.05) is 22.7 Å². The summed E-state index contributed by atoms with van der Waals surface area (Å²) in [5.41, 5.74) is 1.78. The Balaban J connectivity index is 1.46. The van der Waals surface area contributed by atoms with Crippen LogP contribution in [0.4, 0.5) is 15.5 Å². The lowest BCUT2D eigenvalue weighted by Crippen LogP contribution is -2.35. The summed E-state index contributed by atoms with van der Waals surface area (Å²) >= 11 is 1.25. The van der Waals surface area contributed by atoms with E-state index in [-0.39, 0.29) is 16.1 Å². The molecule has 0 saturated carbocycles. The summed E-state index contributed by atoms with van der Waals surface area (Å²) < 4.78 is 37.5. The van der Waals surface area contributed by atoms with Crippen LogP contribution in [0.25, 0.3) is 0 Å². The van der Waals surface area contributed by atoms with E-state index >= 15 is 0 Å². The first kappa shape index (κ1) is 25.0. The van der Waals surface area contributed by atoms with Crippen molar-refractivity contribution in [2.24, 2.45) is 0 Å². The first-order valence-corrected chi connectivity index (χ1v) is 13.0. The van der Waals surface area contributed by atoms with Gasteiger partial charge in [-0.25, -0.2) is 13.2 Å². The quantitative estimate of drug-likeness (QED) is 0.498. The van der Waals surface area contributed by atoms with Crippen molar-refractivity contribution in [2.45, 2.75) is 17.9 Å². The molecule has 0 radical (unpaired) electrons. The molecule has 0 saturated heterocycles. The molecule has 0 fully saturated rings. The second-order valence-electron chi connectivity index (χ2n) is 7.77. The van der Waals surface area contributed by atoms with Gasteiger partial charge in [0.15, 0.2) is 0 Å². The van der Waals surface area contributed by atoms with Crippen LogP contribution >= 0.6 is 11.3 Å². The van der Waals surface area contributed by atoms with Crippen molar-refractivity contribution in [1.29, 1.82) is 5.26 Å². The Kier molecular flexibility index (Phi) is 7.14. The molecule has 0 unspecified atom stereocenters. The average molecular weight is 527 g/mol. The number of hydrogen-bond donors (Lipinski definition) is 2. The van der Waals surface area contributed by atoms with Crippen LogP contribution in [-0.4, -0.2) is 46.1 Å². The van der Waals surface area contributed by atoms with Crippen LogP contribution in [0.1, 0.15) is 26.4 Å². The molecule has 3 aromatic rings. The van der Waals surface area contributed by atoms with E-state index in [0.717, 1.165) is 10.4 Å². The molecule has 10 nitrogen and oxygen atoms in total. The molecule has 186 valence electrons. The van der Waals surface area contributed by atoms with Crippen LogP contribution in [0.3, 0.4) is 0 Å². The molecular formula is C24H22N4O6S2. The van der Waals surface area contributed by atoms with Gasteiger partial charge in [-0.05, 0) is 60.5 Å². The zero-order valence-electron chi connectivity index (χ0n) is 19.4. The Hall–Kier alpha value is -4.08. The lowest BCUT2D eigenvalue weighted by molar-refractivity contribution is 0.102. The Morgan fingerprint density at radius 3 is 2.39 bits per heavy atom. The number of carbonyl (C=O) groups excluding carboxylic acids is 2. The number of hydrogen-bond acceptors (Lipinski definition) is 8. The molecule has 2 aromatic carbocycles. The fourth-order valence-electron chi connectivity index (χ4n) is 3.73. The lowest BCUT2D eigenvalue weighted by Gasteiger charge is -2.25. The third-order valence-corrected chi connectivity index (χ3v) is 8.13. The van der Waals surface area contributed by atoms with Gasteiger partial charge >= 0.3 is 6.09 Å². The van der Waals surface area contributed by atoms with E-state index in [1.54, 1.807) is 12.1 Å². The van der Waals surface area contributed by atoms with Crippen molar-refractivity contribution in [3.63, 3.8) is 0 Å². The number of rotatable bonds is 6. The van der Waals surface area contributed by atoms with Crippen LogP contribution in [0, 0.1) is 11.3 Å². The standard InChI is InChI=1S/C24H22N4O6S2/c1-33-17-7-9-18(10-8-17)36(31,32)27-16-5-3-15(4-6-16)22(29)26-23-20(13-25)19-11-12-28(24(30)34-2)14-21(19)35-23/h3-10,27H,11-12,14H2,1-2H3,(H,26,29). The van der Waals surface area contributed by atoms with Crippen molar-refractivity contribution >= 4 is 44.0 Å². The van der Waals surface area contributed by atoms with Crippen LogP contribution in [0.15, 0.2) is 53.4 Å². The van der Waals surface area contributed by atoms with Crippen LogP contribution in [0.2, 0.25) is 0 Å². The van der Waals surface area contributed by atoms with E-state index < -0.39 is 22.0 Å². The summed E-state index contributed by atoms with van der Waals surface area (Å²) in [6, 6.07) is 14.0. The number of anilines is 2. The van der Waals surface area contributed by atoms with Gasteiger partial charge < -0.3 is 19.7 Å². The molecule has 4 rings (SSSR count). The highest BCUT2D eigenvalue weighted by Gasteiger charge is 2.28. The summed E-state index contributed by atoms with van der Waals surface area (Å²) in [4.78, 5) is 27.1. The largest absolute Gasteiger partial charge is 0.497 e. The smallest absolute Gasteiger partial charge is 0.409 e. The third kappa shape index (κ3) is 5.12. The van der Waals surface area contributed by atoms with Crippen LogP contribution < -0.4 is 14.8 Å². The molecule has 1 aliphatic heterocycles. The molecule has 1 aromatic heterocycles. The van der Waals surface area contributed by atoms with Gasteiger partial charge in [0.1, 0.15) is 16.8 Å². The number of sulfonamides is 1. The van der Waals surface area contributed by atoms with E-state index in [2.05, 4.69) is 16.1 Å². The topological polar surface area (TPSA) is 138 Å². The highest BCUT2D eigenvalue weighted by Crippen LogP contribution is 2.37. The average Bonchev–Trinajstić information content (AvgIpc) is 3.24. The highest BCUT2D eigenvalue weighted by molar-refractivity contribution is 7.92. The molecule has 0 atom stereocenters. The molecule has 2 N–H and O–H groups in total. The molecule has 12 heteroatoms. The van der Waals surface area contributed by atoms with E-state index in [9.17, 15) is 23.3 Å². The number of thiophene rings is 1. The minimum atomic E-state index is -3.82. The summed E-state index contributed by atoms with van der Waals surface area (Å²) in [7, 11) is -1.02. The number of nitrogens with zero attached hydrogens (tertiary/aromatic N) is 2. The zero-order chi connectivity index (χ0) is 25.9. The number of amides is 2. The molecule has 0 aliphatic carbocycles. The van der Waals surface area contributed by atoms with Crippen LogP contribution in [0.5, 0.6) is 5.75 Å². The number of nitrogens with one attached hydrogen (secondary N) is 2. The normalized spacial score (nSPS) is 12.8. The summed E-state index contributed by atoms with van der Waals surface area (Å²) in [6.45, 7) is 0.729. The van der Waals surface area contributed by atoms with Gasteiger partial charge in [0.2, 0.25) is 0 Å². The molecule has 0 bridgehead atoms. The zero-order valence-corrected chi connectivity index (χ0v) is 21.0. The van der Waals surface area contributed by atoms with Crippen molar-refractivity contribution in [2.75, 3.05) is 30.8 Å². The number of fused-ring (bicyclic) bond motifs is 1. The number of ether oxygens (including phenoxy) is 2. The van der Waals surface area contributed by atoms with Gasteiger partial charge in [0.25, 0.3) is 15.9 Å². The Labute approximate surface area is 212 Å². The maximum absolute atomic E-state index is 12.8. The molecule has 1 aliphatic rings. The summed E-state index contributed by atoms with van der Waals surface area (Å²) in [6.07, 6.45) is 0.0452. The molecule has 36 heavy (non-hydrogen) atoms. The summed E-state index contributed by atoms with van der Waals surface area (Å²) in [5, 5.41) is 12.8. The van der Waals surface area contributed by atoms with E-state index in [4.69, 9.17) is 9.47 Å². The number of nitriles is 1. The predicted octanol–water partition coefficient (Wildman–Crippen LogP) is 3.81. The number of methoxy groups -OCH3 is 2.